The Balaban J connectivity index is 1.44. The van der Waals surface area contributed by atoms with E-state index in [9.17, 15) is 4.79 Å². The zero-order chi connectivity index (χ0) is 33.3. The average Bonchev–Trinajstić information content (AvgIpc) is 3.03. The molecule has 1 saturated heterocycles. The molecule has 2 aliphatic rings. The summed E-state index contributed by atoms with van der Waals surface area (Å²) in [6.45, 7) is 13.9. The van der Waals surface area contributed by atoms with E-state index >= 15 is 4.39 Å². The monoisotopic (exact) mass is 640 g/mol. The maximum absolute atomic E-state index is 15.2. The number of methoxy groups -OCH3 is 2. The highest BCUT2D eigenvalue weighted by Crippen LogP contribution is 2.34. The second-order valence-electron chi connectivity index (χ2n) is 12.0. The van der Waals surface area contributed by atoms with Gasteiger partial charge in [-0.2, -0.15) is 0 Å². The Morgan fingerprint density at radius 1 is 1.09 bits per heavy atom. The van der Waals surface area contributed by atoms with Crippen LogP contribution >= 0.6 is 0 Å². The van der Waals surface area contributed by atoms with Crippen LogP contribution in [0.1, 0.15) is 40.5 Å². The molecule has 1 unspecified atom stereocenters. The summed E-state index contributed by atoms with van der Waals surface area (Å²) in [6.07, 6.45) is 4.38. The molecule has 0 aliphatic carbocycles. The van der Waals surface area contributed by atoms with Gasteiger partial charge >= 0.3 is 6.09 Å². The van der Waals surface area contributed by atoms with Gasteiger partial charge < -0.3 is 39.0 Å². The summed E-state index contributed by atoms with van der Waals surface area (Å²) >= 11 is 0. The Bertz CT molecular complexity index is 1380. The Kier molecular flexibility index (Phi) is 12.1. The number of nitrogens with zero attached hydrogens (tertiary/aromatic N) is 5. The Hall–Kier alpha value is -4.03. The van der Waals surface area contributed by atoms with Gasteiger partial charge in [-0.3, -0.25) is 4.90 Å². The van der Waals surface area contributed by atoms with Crippen LogP contribution in [-0.4, -0.2) is 106 Å². The Morgan fingerprint density at radius 2 is 1.85 bits per heavy atom. The molecule has 4 rings (SSSR count). The number of amides is 1. The summed E-state index contributed by atoms with van der Waals surface area (Å²) in [7, 11) is 5.24. The van der Waals surface area contributed by atoms with Crippen molar-refractivity contribution in [3.05, 3.63) is 54.5 Å². The molecule has 1 fully saturated rings. The minimum Gasteiger partial charge on any atom is -0.497 e. The number of likely N-dealkylation sites (N-methyl/N-ethyl adjacent to an activating group) is 1. The zero-order valence-electron chi connectivity index (χ0n) is 28.2. The lowest BCUT2D eigenvalue weighted by Crippen LogP contribution is -2.53. The highest BCUT2D eigenvalue weighted by Gasteiger charge is 2.35. The molecule has 2 aromatic carbocycles. The van der Waals surface area contributed by atoms with Crippen LogP contribution < -0.4 is 24.4 Å². The Labute approximate surface area is 272 Å². The minimum absolute atomic E-state index is 0.0302. The summed E-state index contributed by atoms with van der Waals surface area (Å²) in [5, 5.41) is 3.33. The standard InChI is InChI=1S/C34H49FN6O5/c1-8-15-40(29-12-11-27(43-6)24-31(29)44-7)33(42)46-32-14-17-41(25(2)3)34(4,37-32)36-26-10-13-30(28(35)23-26)45-22-9-16-39-20-18-38(5)19-21-39/h10-14,17,23-25,36H,8-9,15-16,18-22H2,1-7H3. The van der Waals surface area contributed by atoms with Crippen molar-refractivity contribution in [3.8, 4) is 17.2 Å². The number of benzene rings is 2. The molecule has 46 heavy (non-hydrogen) atoms. The van der Waals surface area contributed by atoms with Crippen molar-refractivity contribution in [2.75, 3.05) is 77.4 Å². The quantitative estimate of drug-likeness (QED) is 0.280. The smallest absolute Gasteiger partial charge is 0.421 e. The second kappa shape index (κ2) is 16.0. The summed E-state index contributed by atoms with van der Waals surface area (Å²) in [5.41, 5.74) is 1.06. The fourth-order valence-electron chi connectivity index (χ4n) is 5.62. The van der Waals surface area contributed by atoms with Crippen LogP contribution in [0.2, 0.25) is 0 Å². The molecule has 1 N–H and O–H groups in total. The van der Waals surface area contributed by atoms with Crippen molar-refractivity contribution in [3.63, 3.8) is 0 Å². The van der Waals surface area contributed by atoms with E-state index in [1.807, 2.05) is 38.8 Å². The molecular weight excluding hydrogens is 591 g/mol. The molecule has 2 aliphatic heterocycles. The average molecular weight is 641 g/mol. The van der Waals surface area contributed by atoms with Gasteiger partial charge in [0.2, 0.25) is 11.7 Å². The topological polar surface area (TPSA) is 91.3 Å². The van der Waals surface area contributed by atoms with Crippen molar-refractivity contribution in [2.45, 2.75) is 52.4 Å². The van der Waals surface area contributed by atoms with Crippen molar-refractivity contribution < 1.29 is 28.1 Å². The first-order valence-corrected chi connectivity index (χ1v) is 16.0. The van der Waals surface area contributed by atoms with Gasteiger partial charge in [0.15, 0.2) is 11.6 Å². The number of carbonyl (C=O) groups is 1. The summed E-state index contributed by atoms with van der Waals surface area (Å²) < 4.78 is 37.6. The predicted octanol–water partition coefficient (Wildman–Crippen LogP) is 5.63. The van der Waals surface area contributed by atoms with Crippen LogP contribution in [0, 0.1) is 5.82 Å². The number of carbonyl (C=O) groups excluding carboxylic acids is 1. The molecule has 0 radical (unpaired) electrons. The molecule has 1 atom stereocenters. The molecule has 0 bridgehead atoms. The fraction of sp³-hybridized carbons (Fsp3) is 0.529. The van der Waals surface area contributed by atoms with Gasteiger partial charge in [-0.25, -0.2) is 14.2 Å². The van der Waals surface area contributed by atoms with Crippen molar-refractivity contribution >= 4 is 23.4 Å². The third kappa shape index (κ3) is 8.82. The molecule has 0 saturated carbocycles. The lowest BCUT2D eigenvalue weighted by atomic mass is 10.2. The molecule has 2 aromatic rings. The number of rotatable bonds is 13. The molecule has 0 spiro atoms. The van der Waals surface area contributed by atoms with Crippen LogP contribution in [-0.2, 0) is 4.74 Å². The number of nitrogens with one attached hydrogen (secondary N) is 1. The highest BCUT2D eigenvalue weighted by atomic mass is 19.1. The normalized spacial score (nSPS) is 18.7. The predicted molar refractivity (Wildman–Crippen MR) is 180 cm³/mol. The van der Waals surface area contributed by atoms with Crippen LogP contribution in [0.15, 0.2) is 53.7 Å². The molecule has 0 aromatic heterocycles. The number of hydrogen-bond acceptors (Lipinski definition) is 10. The van der Waals surface area contributed by atoms with Gasteiger partial charge in [-0.1, -0.05) is 6.92 Å². The number of anilines is 2. The van der Waals surface area contributed by atoms with Crippen LogP contribution in [0.4, 0.5) is 20.6 Å². The first-order chi connectivity index (χ1) is 22.1. The minimum atomic E-state index is -1.08. The van der Waals surface area contributed by atoms with Crippen molar-refractivity contribution in [1.82, 2.24) is 14.7 Å². The number of piperazine rings is 1. The van der Waals surface area contributed by atoms with Gasteiger partial charge in [-0.05, 0) is 64.9 Å². The van der Waals surface area contributed by atoms with Crippen LogP contribution in [0.3, 0.4) is 0 Å². The van der Waals surface area contributed by atoms with E-state index in [1.165, 1.54) is 18.1 Å². The fourth-order valence-corrected chi connectivity index (χ4v) is 5.62. The lowest BCUT2D eigenvalue weighted by molar-refractivity contribution is 0.145. The Morgan fingerprint density at radius 3 is 2.50 bits per heavy atom. The second-order valence-corrected chi connectivity index (χ2v) is 12.0. The first kappa shape index (κ1) is 34.8. The maximum atomic E-state index is 15.2. The maximum Gasteiger partial charge on any atom is 0.421 e. The van der Waals surface area contributed by atoms with E-state index < -0.39 is 17.7 Å². The summed E-state index contributed by atoms with van der Waals surface area (Å²) in [6, 6.07) is 10.1. The summed E-state index contributed by atoms with van der Waals surface area (Å²) in [4.78, 5) is 26.5. The van der Waals surface area contributed by atoms with E-state index in [-0.39, 0.29) is 17.7 Å². The largest absolute Gasteiger partial charge is 0.497 e. The van der Waals surface area contributed by atoms with E-state index in [0.29, 0.717) is 42.4 Å². The van der Waals surface area contributed by atoms with Crippen molar-refractivity contribution in [1.29, 1.82) is 0 Å². The molecule has 11 nitrogen and oxygen atoms in total. The number of halogens is 1. The van der Waals surface area contributed by atoms with Gasteiger partial charge in [0.05, 0.1) is 26.5 Å². The third-order valence-electron chi connectivity index (χ3n) is 8.09. The van der Waals surface area contributed by atoms with Crippen LogP contribution in [0.25, 0.3) is 0 Å². The molecule has 12 heteroatoms. The number of ether oxygens (including phenoxy) is 4. The molecule has 1 amide bonds. The van der Waals surface area contributed by atoms with Crippen LogP contribution in [0.5, 0.6) is 17.2 Å². The molecule has 252 valence electrons. The SMILES string of the molecule is CCCN(C(=O)OC1=NC(C)(Nc2ccc(OCCCN3CCN(C)CC3)c(F)c2)N(C(C)C)C=C1)c1ccc(OC)cc1OC. The van der Waals surface area contributed by atoms with E-state index in [4.69, 9.17) is 23.9 Å². The van der Waals surface area contributed by atoms with Crippen molar-refractivity contribution in [2.24, 2.45) is 4.99 Å². The van der Waals surface area contributed by atoms with Gasteiger partial charge in [0.1, 0.15) is 11.5 Å². The molecular formula is C34H49FN6O5. The zero-order valence-corrected chi connectivity index (χ0v) is 28.2. The first-order valence-electron chi connectivity index (χ1n) is 16.0. The number of aliphatic imine (C=N–C) groups is 1. The van der Waals surface area contributed by atoms with E-state index in [2.05, 4.69) is 22.2 Å². The molecule has 2 heterocycles. The van der Waals surface area contributed by atoms with Gasteiger partial charge in [0, 0.05) is 75.4 Å². The lowest BCUT2D eigenvalue weighted by Gasteiger charge is -2.43. The number of hydrogen-bond donors (Lipinski definition) is 1. The van der Waals surface area contributed by atoms with Gasteiger partial charge in [-0.15, -0.1) is 0 Å². The summed E-state index contributed by atoms with van der Waals surface area (Å²) in [5.74, 6) is -0.128. The highest BCUT2D eigenvalue weighted by molar-refractivity contribution is 6.02. The van der Waals surface area contributed by atoms with Gasteiger partial charge in [0.25, 0.3) is 0 Å². The van der Waals surface area contributed by atoms with E-state index in [1.54, 1.807) is 43.5 Å². The van der Waals surface area contributed by atoms with E-state index in [0.717, 1.165) is 39.1 Å². The third-order valence-corrected chi connectivity index (χ3v) is 8.09.